The van der Waals surface area contributed by atoms with Gasteiger partial charge in [0.05, 0.1) is 5.02 Å². The molecule has 0 saturated heterocycles. The first-order valence-electron chi connectivity index (χ1n) is 5.82. The third-order valence-electron chi connectivity index (χ3n) is 2.61. The molecule has 0 spiro atoms. The number of hydrogen-bond acceptors (Lipinski definition) is 2. The molecule has 1 aromatic carbocycles. The Bertz CT molecular complexity index is 479. The lowest BCUT2D eigenvalue weighted by atomic mass is 10.0. The van der Waals surface area contributed by atoms with Crippen LogP contribution in [0.4, 0.5) is 4.39 Å². The second kappa shape index (κ2) is 7.09. The Balaban J connectivity index is 2.78. The van der Waals surface area contributed by atoms with Gasteiger partial charge >= 0.3 is 5.97 Å². The molecule has 0 aromatic heterocycles. The lowest BCUT2D eigenvalue weighted by molar-refractivity contribution is -0.137. The number of carbonyl (C=O) groups excluding carboxylic acids is 1. The summed E-state index contributed by atoms with van der Waals surface area (Å²) < 4.78 is 13.7. The summed E-state index contributed by atoms with van der Waals surface area (Å²) in [5, 5.41) is 11.3. The van der Waals surface area contributed by atoms with Crippen molar-refractivity contribution < 1.29 is 19.1 Å². The molecule has 0 aliphatic heterocycles. The van der Waals surface area contributed by atoms with Crippen LogP contribution in [0.2, 0.25) is 5.02 Å². The van der Waals surface area contributed by atoms with Gasteiger partial charge in [0.2, 0.25) is 5.91 Å². The molecule has 0 aliphatic rings. The van der Waals surface area contributed by atoms with Gasteiger partial charge in [-0.15, -0.1) is 0 Å². The van der Waals surface area contributed by atoms with E-state index in [1.54, 1.807) is 12.1 Å². The van der Waals surface area contributed by atoms with Crippen molar-refractivity contribution in [2.75, 3.05) is 0 Å². The van der Waals surface area contributed by atoms with Crippen LogP contribution < -0.4 is 5.32 Å². The summed E-state index contributed by atoms with van der Waals surface area (Å²) in [6, 6.07) is 4.19. The van der Waals surface area contributed by atoms with Crippen LogP contribution in [0.1, 0.15) is 25.3 Å². The average molecular weight is 288 g/mol. The van der Waals surface area contributed by atoms with Crippen molar-refractivity contribution in [1.82, 2.24) is 5.32 Å². The minimum absolute atomic E-state index is 0.0114. The van der Waals surface area contributed by atoms with Crippen LogP contribution in [-0.4, -0.2) is 23.0 Å². The molecule has 2 N–H and O–H groups in total. The smallest absolute Gasteiger partial charge is 0.303 e. The summed E-state index contributed by atoms with van der Waals surface area (Å²) in [5.41, 5.74) is 0.358. The molecule has 1 aromatic rings. The van der Waals surface area contributed by atoms with Gasteiger partial charge in [-0.25, -0.2) is 4.39 Å². The zero-order valence-corrected chi connectivity index (χ0v) is 11.2. The van der Waals surface area contributed by atoms with Crippen molar-refractivity contribution in [3.8, 4) is 0 Å². The monoisotopic (exact) mass is 287 g/mol. The van der Waals surface area contributed by atoms with Crippen LogP contribution in [0.3, 0.4) is 0 Å². The maximum absolute atomic E-state index is 13.7. The number of aliphatic carboxylic acids is 1. The Morgan fingerprint density at radius 3 is 2.74 bits per heavy atom. The summed E-state index contributed by atoms with van der Waals surface area (Å²) in [6.45, 7) is 1.34. The minimum Gasteiger partial charge on any atom is -0.481 e. The van der Waals surface area contributed by atoms with Gasteiger partial charge in [0.1, 0.15) is 5.82 Å². The molecule has 19 heavy (non-hydrogen) atoms. The Labute approximate surface area is 115 Å². The number of amides is 1. The van der Waals surface area contributed by atoms with Gasteiger partial charge in [0.15, 0.2) is 0 Å². The van der Waals surface area contributed by atoms with Crippen molar-refractivity contribution in [2.24, 2.45) is 0 Å². The Hall–Kier alpha value is -1.62. The molecule has 4 nitrogen and oxygen atoms in total. The van der Waals surface area contributed by atoms with E-state index in [4.69, 9.17) is 16.7 Å². The molecule has 1 rings (SSSR count). The van der Waals surface area contributed by atoms with E-state index in [0.717, 1.165) is 0 Å². The highest BCUT2D eigenvalue weighted by Gasteiger charge is 2.16. The molecule has 0 fully saturated rings. The molecule has 0 aliphatic carbocycles. The maximum Gasteiger partial charge on any atom is 0.303 e. The largest absolute Gasteiger partial charge is 0.481 e. The molecule has 0 heterocycles. The highest BCUT2D eigenvalue weighted by atomic mass is 35.5. The minimum atomic E-state index is -0.957. The van der Waals surface area contributed by atoms with E-state index in [-0.39, 0.29) is 30.2 Å². The van der Waals surface area contributed by atoms with Crippen LogP contribution in [0.15, 0.2) is 18.2 Å². The number of benzene rings is 1. The molecule has 0 bridgehead atoms. The number of carboxylic acids is 1. The van der Waals surface area contributed by atoms with Crippen LogP contribution in [0.25, 0.3) is 0 Å². The van der Waals surface area contributed by atoms with Crippen molar-refractivity contribution in [3.63, 3.8) is 0 Å². The van der Waals surface area contributed by atoms with Crippen LogP contribution in [0, 0.1) is 5.82 Å². The van der Waals surface area contributed by atoms with E-state index in [0.29, 0.717) is 5.56 Å². The van der Waals surface area contributed by atoms with Crippen LogP contribution >= 0.6 is 11.6 Å². The Morgan fingerprint density at radius 2 is 2.16 bits per heavy atom. The molecular formula is C13H15ClFNO3. The van der Waals surface area contributed by atoms with E-state index >= 15 is 0 Å². The highest BCUT2D eigenvalue weighted by molar-refractivity contribution is 6.30. The summed E-state index contributed by atoms with van der Waals surface area (Å²) in [7, 11) is 0. The van der Waals surface area contributed by atoms with Gasteiger partial charge in [0.25, 0.3) is 0 Å². The quantitative estimate of drug-likeness (QED) is 0.844. The second-order valence-electron chi connectivity index (χ2n) is 4.25. The van der Waals surface area contributed by atoms with E-state index in [2.05, 4.69) is 5.32 Å². The maximum atomic E-state index is 13.7. The number of carbonyl (C=O) groups is 2. The number of halogens is 2. The lowest BCUT2D eigenvalue weighted by Crippen LogP contribution is -2.35. The predicted molar refractivity (Wildman–Crippen MR) is 69.6 cm³/mol. The standard InChI is InChI=1S/C13H15ClFNO3/c1-8(17)16-10(5-6-12(18)19)7-9-3-2-4-11(14)13(9)15/h2-4,10H,5-7H2,1H3,(H,16,17)(H,18,19). The molecule has 0 saturated carbocycles. The van der Waals surface area contributed by atoms with Gasteiger partial charge in [-0.3, -0.25) is 9.59 Å². The van der Waals surface area contributed by atoms with Crippen molar-refractivity contribution in [3.05, 3.63) is 34.6 Å². The first-order valence-corrected chi connectivity index (χ1v) is 6.19. The summed E-state index contributed by atoms with van der Waals surface area (Å²) in [6.07, 6.45) is 0.354. The van der Waals surface area contributed by atoms with Crippen molar-refractivity contribution in [2.45, 2.75) is 32.2 Å². The zero-order chi connectivity index (χ0) is 14.4. The third kappa shape index (κ3) is 5.26. The fourth-order valence-corrected chi connectivity index (χ4v) is 1.98. The highest BCUT2D eigenvalue weighted by Crippen LogP contribution is 2.20. The SMILES string of the molecule is CC(=O)NC(CCC(=O)O)Cc1cccc(Cl)c1F. The molecule has 0 radical (unpaired) electrons. The van der Waals surface area contributed by atoms with Crippen molar-refractivity contribution in [1.29, 1.82) is 0 Å². The second-order valence-corrected chi connectivity index (χ2v) is 4.65. The molecule has 1 unspecified atom stereocenters. The first kappa shape index (κ1) is 15.4. The number of carboxylic acid groups (broad SMARTS) is 1. The van der Waals surface area contributed by atoms with Gasteiger partial charge in [-0.1, -0.05) is 23.7 Å². The van der Waals surface area contributed by atoms with Gasteiger partial charge in [0, 0.05) is 19.4 Å². The normalized spacial score (nSPS) is 11.9. The first-order chi connectivity index (χ1) is 8.90. The van der Waals surface area contributed by atoms with Gasteiger partial charge in [-0.2, -0.15) is 0 Å². The van der Waals surface area contributed by atoms with E-state index in [1.165, 1.54) is 13.0 Å². The number of hydrogen-bond donors (Lipinski definition) is 2. The van der Waals surface area contributed by atoms with Gasteiger partial charge in [-0.05, 0) is 24.5 Å². The fourth-order valence-electron chi connectivity index (χ4n) is 1.78. The number of rotatable bonds is 6. The summed E-state index contributed by atoms with van der Waals surface area (Å²) >= 11 is 5.67. The molecule has 1 atom stereocenters. The predicted octanol–water partition coefficient (Wildman–Crippen LogP) is 2.39. The molecule has 1 amide bonds. The van der Waals surface area contributed by atoms with E-state index in [1.807, 2.05) is 0 Å². The summed E-state index contributed by atoms with van der Waals surface area (Å²) in [4.78, 5) is 21.6. The fraction of sp³-hybridized carbons (Fsp3) is 0.385. The summed E-state index contributed by atoms with van der Waals surface area (Å²) in [5.74, 6) is -1.77. The topological polar surface area (TPSA) is 66.4 Å². The van der Waals surface area contributed by atoms with Gasteiger partial charge < -0.3 is 10.4 Å². The molecular weight excluding hydrogens is 273 g/mol. The third-order valence-corrected chi connectivity index (χ3v) is 2.90. The van der Waals surface area contributed by atoms with Crippen molar-refractivity contribution >= 4 is 23.5 Å². The van der Waals surface area contributed by atoms with E-state index < -0.39 is 17.8 Å². The number of nitrogens with one attached hydrogen (secondary N) is 1. The Kier molecular flexibility index (Phi) is 5.76. The van der Waals surface area contributed by atoms with Crippen LogP contribution in [-0.2, 0) is 16.0 Å². The average Bonchev–Trinajstić information content (AvgIpc) is 2.31. The molecule has 104 valence electrons. The Morgan fingerprint density at radius 1 is 1.47 bits per heavy atom. The lowest BCUT2D eigenvalue weighted by Gasteiger charge is -2.17. The van der Waals surface area contributed by atoms with Crippen LogP contribution in [0.5, 0.6) is 0 Å². The molecule has 6 heteroatoms. The zero-order valence-electron chi connectivity index (χ0n) is 10.5. The van der Waals surface area contributed by atoms with E-state index in [9.17, 15) is 14.0 Å².